The fourth-order valence-corrected chi connectivity index (χ4v) is 4.07. The molecule has 2 fully saturated rings. The molecule has 22 heavy (non-hydrogen) atoms. The van der Waals surface area contributed by atoms with Crippen molar-refractivity contribution in [1.82, 2.24) is 0 Å². The van der Waals surface area contributed by atoms with Crippen molar-refractivity contribution in [1.29, 1.82) is 10.5 Å². The van der Waals surface area contributed by atoms with Gasteiger partial charge in [-0.1, -0.05) is 29.8 Å². The van der Waals surface area contributed by atoms with Gasteiger partial charge in [-0.15, -0.1) is 0 Å². The smallest absolute Gasteiger partial charge is 0.293 e. The second-order valence-corrected chi connectivity index (χ2v) is 5.96. The van der Waals surface area contributed by atoms with Gasteiger partial charge in [0.05, 0.1) is 25.4 Å². The third kappa shape index (κ3) is 1.13. The van der Waals surface area contributed by atoms with Crippen LogP contribution in [0.4, 0.5) is 0 Å². The van der Waals surface area contributed by atoms with Crippen LogP contribution in [0.2, 0.25) is 0 Å². The summed E-state index contributed by atoms with van der Waals surface area (Å²) in [4.78, 5) is 4.24. The van der Waals surface area contributed by atoms with E-state index in [9.17, 15) is 10.5 Å². The van der Waals surface area contributed by atoms with E-state index >= 15 is 0 Å². The number of hydrogen-bond acceptors (Lipinski definition) is 6. The molecule has 3 aliphatic rings. The van der Waals surface area contributed by atoms with E-state index in [2.05, 4.69) is 17.1 Å². The average Bonchev–Trinajstić information content (AvgIpc) is 2.77. The van der Waals surface area contributed by atoms with E-state index < -0.39 is 22.7 Å². The van der Waals surface area contributed by atoms with E-state index in [0.29, 0.717) is 13.2 Å². The number of ether oxygens (including phenoxy) is 2. The van der Waals surface area contributed by atoms with Crippen molar-refractivity contribution in [2.45, 2.75) is 18.8 Å². The van der Waals surface area contributed by atoms with Gasteiger partial charge in [0.25, 0.3) is 5.91 Å². The fourth-order valence-electron chi connectivity index (χ4n) is 4.07. The molecule has 1 saturated carbocycles. The summed E-state index contributed by atoms with van der Waals surface area (Å²) in [5, 5.41) is 19.7. The zero-order valence-electron chi connectivity index (χ0n) is 12.0. The van der Waals surface area contributed by atoms with Crippen LogP contribution in [0, 0.1) is 40.4 Å². The van der Waals surface area contributed by atoms with Crippen LogP contribution in [0.5, 0.6) is 0 Å². The number of nitrogens with two attached hydrogens (primary N) is 1. The normalized spacial score (nSPS) is 37.2. The molecule has 0 radical (unpaired) electrons. The van der Waals surface area contributed by atoms with Gasteiger partial charge in [0.2, 0.25) is 0 Å². The first-order chi connectivity index (χ1) is 10.6. The minimum Gasteiger partial charge on any atom is -0.386 e. The number of nitriles is 2. The van der Waals surface area contributed by atoms with Gasteiger partial charge in [-0.2, -0.15) is 10.5 Å². The molecule has 4 rings (SSSR count). The fraction of sp³-hybridized carbons (Fsp3) is 0.438. The quantitative estimate of drug-likeness (QED) is 0.837. The molecule has 2 heterocycles. The molecule has 3 atom stereocenters. The maximum absolute atomic E-state index is 9.92. The van der Waals surface area contributed by atoms with Gasteiger partial charge in [-0.25, -0.2) is 4.99 Å². The molecule has 1 aromatic rings. The molecule has 0 amide bonds. The number of benzene rings is 1. The Kier molecular flexibility index (Phi) is 2.33. The third-order valence-corrected chi connectivity index (χ3v) is 4.98. The minimum absolute atomic E-state index is 0.130. The molecule has 1 spiro atoms. The maximum atomic E-state index is 9.92. The number of amidine groups is 1. The van der Waals surface area contributed by atoms with E-state index in [-0.39, 0.29) is 5.84 Å². The lowest BCUT2D eigenvalue weighted by atomic mass is 9.93. The van der Waals surface area contributed by atoms with Gasteiger partial charge in [0, 0.05) is 5.92 Å². The zero-order chi connectivity index (χ0) is 15.6. The van der Waals surface area contributed by atoms with Crippen LogP contribution >= 0.6 is 0 Å². The van der Waals surface area contributed by atoms with Gasteiger partial charge < -0.3 is 15.2 Å². The Hall–Kier alpha value is -2.41. The Balaban J connectivity index is 1.94. The molecule has 6 nitrogen and oxygen atoms in total. The second-order valence-electron chi connectivity index (χ2n) is 5.96. The predicted molar refractivity (Wildman–Crippen MR) is 76.3 cm³/mol. The van der Waals surface area contributed by atoms with Gasteiger partial charge >= 0.3 is 0 Å². The van der Waals surface area contributed by atoms with E-state index in [1.807, 2.05) is 31.2 Å². The number of hydrogen-bond donors (Lipinski definition) is 1. The van der Waals surface area contributed by atoms with E-state index in [1.54, 1.807) is 0 Å². The highest BCUT2D eigenvalue weighted by atomic mass is 16.8. The monoisotopic (exact) mass is 294 g/mol. The minimum atomic E-state index is -1.45. The summed E-state index contributed by atoms with van der Waals surface area (Å²) in [6, 6.07) is 12.3. The third-order valence-electron chi connectivity index (χ3n) is 4.98. The Morgan fingerprint density at radius 3 is 2.59 bits per heavy atom. The second kappa shape index (κ2) is 3.86. The largest absolute Gasteiger partial charge is 0.386 e. The first-order valence-electron chi connectivity index (χ1n) is 7.11. The Morgan fingerprint density at radius 1 is 1.27 bits per heavy atom. The van der Waals surface area contributed by atoms with Gasteiger partial charge in [-0.3, -0.25) is 0 Å². The topological polar surface area (TPSA) is 104 Å². The molecule has 1 saturated heterocycles. The first kappa shape index (κ1) is 13.3. The highest BCUT2D eigenvalue weighted by Crippen LogP contribution is 2.82. The van der Waals surface area contributed by atoms with Crippen molar-refractivity contribution in [3.05, 3.63) is 35.4 Å². The number of fused-ring (bicyclic) bond motifs is 2. The lowest BCUT2D eigenvalue weighted by Crippen LogP contribution is -2.38. The highest BCUT2D eigenvalue weighted by molar-refractivity contribution is 6.00. The van der Waals surface area contributed by atoms with Crippen molar-refractivity contribution < 1.29 is 9.47 Å². The predicted octanol–water partition coefficient (Wildman–Crippen LogP) is 1.18. The van der Waals surface area contributed by atoms with Crippen LogP contribution in [-0.4, -0.2) is 25.0 Å². The van der Waals surface area contributed by atoms with Gasteiger partial charge in [0.15, 0.2) is 5.41 Å². The van der Waals surface area contributed by atoms with Crippen LogP contribution < -0.4 is 5.73 Å². The molecular weight excluding hydrogens is 280 g/mol. The number of rotatable bonds is 1. The lowest BCUT2D eigenvalue weighted by molar-refractivity contribution is -0.184. The molecular formula is C16H14N4O2. The van der Waals surface area contributed by atoms with E-state index in [1.165, 1.54) is 0 Å². The first-order valence-corrected chi connectivity index (χ1v) is 7.11. The SMILES string of the molecule is Cc1cccc([C@H]2[C@]3(C#N)C(N)=NC4(OCCO4)[C@]23C#N)c1. The van der Waals surface area contributed by atoms with Crippen molar-refractivity contribution in [3.63, 3.8) is 0 Å². The summed E-state index contributed by atoms with van der Waals surface area (Å²) in [6.07, 6.45) is 0. The van der Waals surface area contributed by atoms with Crippen LogP contribution in [0.3, 0.4) is 0 Å². The van der Waals surface area contributed by atoms with E-state index in [4.69, 9.17) is 15.2 Å². The average molecular weight is 294 g/mol. The Labute approximate surface area is 127 Å². The summed E-state index contributed by atoms with van der Waals surface area (Å²) in [7, 11) is 0. The van der Waals surface area contributed by atoms with Crippen LogP contribution in [0.25, 0.3) is 0 Å². The van der Waals surface area contributed by atoms with Crippen molar-refractivity contribution in [3.8, 4) is 12.1 Å². The molecule has 6 heteroatoms. The Bertz CT molecular complexity index is 784. The standard InChI is InChI=1S/C16H14N4O2/c1-10-3-2-4-11(7-10)12-14(8-17)13(19)20-16(15(12,14)9-18)21-5-6-22-16/h2-4,7,12H,5-6H2,1H3,(H2,19,20)/t12-,14+,15+/m0/s1. The zero-order valence-corrected chi connectivity index (χ0v) is 12.0. The molecule has 0 bridgehead atoms. The molecule has 2 N–H and O–H groups in total. The van der Waals surface area contributed by atoms with Crippen molar-refractivity contribution in [2.75, 3.05) is 13.2 Å². The van der Waals surface area contributed by atoms with Gasteiger partial charge in [-0.05, 0) is 12.5 Å². The Morgan fingerprint density at radius 2 is 2.00 bits per heavy atom. The summed E-state index contributed by atoms with van der Waals surface area (Å²) in [5.74, 6) is -1.72. The van der Waals surface area contributed by atoms with Crippen molar-refractivity contribution >= 4 is 5.84 Å². The van der Waals surface area contributed by atoms with Gasteiger partial charge in [0.1, 0.15) is 11.3 Å². The molecule has 0 aromatic heterocycles. The van der Waals surface area contributed by atoms with Crippen molar-refractivity contribution in [2.24, 2.45) is 21.6 Å². The summed E-state index contributed by atoms with van der Waals surface area (Å²) >= 11 is 0. The number of aliphatic imine (C=N–C) groups is 1. The summed E-state index contributed by atoms with van der Waals surface area (Å²) in [6.45, 7) is 2.64. The molecule has 0 unspecified atom stereocenters. The van der Waals surface area contributed by atoms with Crippen LogP contribution in [0.15, 0.2) is 29.3 Å². The highest BCUT2D eigenvalue weighted by Gasteiger charge is 2.94. The molecule has 2 aliphatic heterocycles. The molecule has 1 aromatic carbocycles. The molecule has 110 valence electrons. The number of aryl methyl sites for hydroxylation is 1. The van der Waals surface area contributed by atoms with Crippen LogP contribution in [-0.2, 0) is 9.47 Å². The van der Waals surface area contributed by atoms with E-state index in [0.717, 1.165) is 11.1 Å². The summed E-state index contributed by atoms with van der Waals surface area (Å²) < 4.78 is 11.3. The lowest BCUT2D eigenvalue weighted by Gasteiger charge is -2.25. The maximum Gasteiger partial charge on any atom is 0.293 e. The molecule has 1 aliphatic carbocycles. The number of nitrogens with zero attached hydrogens (tertiary/aromatic N) is 3. The van der Waals surface area contributed by atoms with Crippen LogP contribution in [0.1, 0.15) is 17.0 Å². The summed E-state index contributed by atoms with van der Waals surface area (Å²) in [5.41, 5.74) is 5.61.